The summed E-state index contributed by atoms with van der Waals surface area (Å²) in [5.41, 5.74) is 11.6. The molecule has 0 aliphatic rings. The summed E-state index contributed by atoms with van der Waals surface area (Å²) < 4.78 is 13.4. The lowest BCUT2D eigenvalue weighted by Crippen LogP contribution is -2.14. The molecule has 0 aliphatic heterocycles. The van der Waals surface area contributed by atoms with Gasteiger partial charge in [0.05, 0.1) is 0 Å². The smallest absolute Gasteiger partial charge is 0.227 e. The third-order valence-electron chi connectivity index (χ3n) is 8.99. The van der Waals surface area contributed by atoms with Gasteiger partial charge in [-0.05, 0) is 110 Å². The Morgan fingerprint density at radius 3 is 2.02 bits per heavy atom. The van der Waals surface area contributed by atoms with Gasteiger partial charge in [0.25, 0.3) is 0 Å². The fourth-order valence-electron chi connectivity index (χ4n) is 6.46. The number of allylic oxidation sites excluding steroid dienone is 6. The summed E-state index contributed by atoms with van der Waals surface area (Å²) in [4.78, 5) is 13.0. The predicted octanol–water partition coefficient (Wildman–Crippen LogP) is 13.2. The van der Waals surface area contributed by atoms with Crippen molar-refractivity contribution in [1.29, 1.82) is 0 Å². The maximum atomic E-state index is 6.06. The number of anilines is 2. The SMILES string of the molecule is C=C/C(=C\C=C(/C)N(c1ccc(-c2nc3ccccc3o2)cc1)c1ccc(-c2cccc3c(/C=C\C)c(C)sc23)cc1)c1nc2ccccc2o1. The van der Waals surface area contributed by atoms with E-state index in [-0.39, 0.29) is 0 Å². The molecular weight excluding hydrogens is 647 g/mol. The van der Waals surface area contributed by atoms with Crippen LogP contribution in [0.3, 0.4) is 0 Å². The van der Waals surface area contributed by atoms with E-state index in [9.17, 15) is 0 Å². The van der Waals surface area contributed by atoms with Crippen LogP contribution < -0.4 is 4.90 Å². The van der Waals surface area contributed by atoms with E-state index in [0.29, 0.717) is 11.8 Å². The van der Waals surface area contributed by atoms with Gasteiger partial charge in [0.15, 0.2) is 11.2 Å². The quantitative estimate of drug-likeness (QED) is 0.142. The number of aryl methyl sites for hydroxylation is 1. The maximum absolute atomic E-state index is 6.06. The molecule has 8 aromatic rings. The monoisotopic (exact) mass is 681 g/mol. The summed E-state index contributed by atoms with van der Waals surface area (Å²) in [6.07, 6.45) is 10.2. The van der Waals surface area contributed by atoms with Crippen molar-refractivity contribution in [2.24, 2.45) is 0 Å². The molecule has 0 saturated heterocycles. The van der Waals surface area contributed by atoms with Gasteiger partial charge in [0.2, 0.25) is 11.8 Å². The standard InChI is InChI=1S/C45H35N3O2S/c1-5-12-36-30(4)51-43-37(13-11-14-38(36)43)32-21-25-34(26-22-32)48(29(3)19-20-31(6-2)44-46-39-15-7-9-17-41(39)49-44)35-27-23-33(24-28-35)45-47-40-16-8-10-18-42(40)50-45/h5-28H,2H2,1,3-4H3/b12-5-,29-19+,31-20+. The van der Waals surface area contributed by atoms with Crippen molar-refractivity contribution in [3.63, 3.8) is 0 Å². The van der Waals surface area contributed by atoms with Crippen LogP contribution in [0.25, 0.3) is 66.5 Å². The van der Waals surface area contributed by atoms with Crippen molar-refractivity contribution in [3.8, 4) is 22.6 Å². The van der Waals surface area contributed by atoms with E-state index < -0.39 is 0 Å². The van der Waals surface area contributed by atoms with E-state index in [1.54, 1.807) is 6.08 Å². The summed E-state index contributed by atoms with van der Waals surface area (Å²) >= 11 is 1.85. The van der Waals surface area contributed by atoms with E-state index in [1.807, 2.05) is 65.9 Å². The van der Waals surface area contributed by atoms with Crippen LogP contribution in [-0.4, -0.2) is 9.97 Å². The van der Waals surface area contributed by atoms with Gasteiger partial charge in [0, 0.05) is 43.2 Å². The molecule has 0 spiro atoms. The number of thiophene rings is 1. The zero-order valence-electron chi connectivity index (χ0n) is 28.6. The number of para-hydroxylation sites is 4. The molecule has 0 aliphatic carbocycles. The number of oxazole rings is 2. The lowest BCUT2D eigenvalue weighted by molar-refractivity contribution is 0.586. The first-order chi connectivity index (χ1) is 25.0. The first kappa shape index (κ1) is 32.0. The van der Waals surface area contributed by atoms with E-state index in [4.69, 9.17) is 13.8 Å². The van der Waals surface area contributed by atoms with E-state index in [2.05, 4.69) is 122 Å². The van der Waals surface area contributed by atoms with Gasteiger partial charge in [-0.25, -0.2) is 9.97 Å². The van der Waals surface area contributed by atoms with Gasteiger partial charge in [0.1, 0.15) is 11.0 Å². The number of aromatic nitrogens is 2. The lowest BCUT2D eigenvalue weighted by atomic mass is 10.0. The highest BCUT2D eigenvalue weighted by molar-refractivity contribution is 7.20. The Kier molecular flexibility index (Phi) is 8.52. The van der Waals surface area contributed by atoms with Crippen molar-refractivity contribution in [3.05, 3.63) is 168 Å². The molecule has 0 unspecified atom stereocenters. The Balaban J connectivity index is 1.18. The molecule has 8 rings (SSSR count). The van der Waals surface area contributed by atoms with Crippen molar-refractivity contribution < 1.29 is 8.83 Å². The zero-order chi connectivity index (χ0) is 34.9. The minimum absolute atomic E-state index is 0.532. The van der Waals surface area contributed by atoms with Crippen LogP contribution in [-0.2, 0) is 0 Å². The fourth-order valence-corrected chi connectivity index (χ4v) is 7.64. The number of fused-ring (bicyclic) bond motifs is 3. The topological polar surface area (TPSA) is 55.3 Å². The molecule has 51 heavy (non-hydrogen) atoms. The zero-order valence-corrected chi connectivity index (χ0v) is 29.4. The molecule has 0 atom stereocenters. The number of hydrogen-bond acceptors (Lipinski definition) is 6. The molecule has 6 heteroatoms. The Hall–Kier alpha value is -6.24. The van der Waals surface area contributed by atoms with E-state index >= 15 is 0 Å². The Labute approximate surface area is 300 Å². The Bertz CT molecular complexity index is 2570. The number of nitrogens with zero attached hydrogens (tertiary/aromatic N) is 3. The third kappa shape index (κ3) is 6.11. The fraction of sp³-hybridized carbons (Fsp3) is 0.0667. The van der Waals surface area contributed by atoms with Crippen LogP contribution in [0, 0.1) is 6.92 Å². The second kappa shape index (κ2) is 13.6. The minimum Gasteiger partial charge on any atom is -0.436 e. The van der Waals surface area contributed by atoms with Gasteiger partial charge >= 0.3 is 0 Å². The second-order valence-electron chi connectivity index (χ2n) is 12.3. The van der Waals surface area contributed by atoms with Crippen molar-refractivity contribution >= 4 is 66.6 Å². The summed E-state index contributed by atoms with van der Waals surface area (Å²) in [6.45, 7) is 10.4. The molecule has 0 radical (unpaired) electrons. The van der Waals surface area contributed by atoms with Crippen molar-refractivity contribution in [2.75, 3.05) is 4.90 Å². The summed E-state index contributed by atoms with van der Waals surface area (Å²) in [5.74, 6) is 1.13. The molecule has 0 bridgehead atoms. The second-order valence-corrected chi connectivity index (χ2v) is 13.5. The number of hydrogen-bond donors (Lipinski definition) is 0. The van der Waals surface area contributed by atoms with Gasteiger partial charge in [-0.15, -0.1) is 11.3 Å². The van der Waals surface area contributed by atoms with Crippen LogP contribution >= 0.6 is 11.3 Å². The largest absolute Gasteiger partial charge is 0.436 e. The minimum atomic E-state index is 0.532. The highest BCUT2D eigenvalue weighted by atomic mass is 32.1. The molecule has 5 nitrogen and oxygen atoms in total. The number of benzene rings is 5. The molecule has 0 saturated carbocycles. The first-order valence-corrected chi connectivity index (χ1v) is 17.7. The highest BCUT2D eigenvalue weighted by Gasteiger charge is 2.16. The van der Waals surface area contributed by atoms with Gasteiger partial charge in [-0.3, -0.25) is 0 Å². The molecule has 0 N–H and O–H groups in total. The van der Waals surface area contributed by atoms with Gasteiger partial charge in [-0.2, -0.15) is 0 Å². The summed E-state index contributed by atoms with van der Waals surface area (Å²) in [5, 5.41) is 1.29. The van der Waals surface area contributed by atoms with Gasteiger partial charge in [-0.1, -0.05) is 79.4 Å². The highest BCUT2D eigenvalue weighted by Crippen LogP contribution is 2.40. The maximum Gasteiger partial charge on any atom is 0.227 e. The molecule has 3 heterocycles. The number of rotatable bonds is 9. The normalized spacial score (nSPS) is 12.5. The third-order valence-corrected chi connectivity index (χ3v) is 10.2. The first-order valence-electron chi connectivity index (χ1n) is 16.9. The Morgan fingerprint density at radius 1 is 0.725 bits per heavy atom. The van der Waals surface area contributed by atoms with Crippen LogP contribution in [0.5, 0.6) is 0 Å². The molecule has 3 aromatic heterocycles. The van der Waals surface area contributed by atoms with E-state index in [0.717, 1.165) is 50.4 Å². The van der Waals surface area contributed by atoms with Crippen molar-refractivity contribution in [1.82, 2.24) is 9.97 Å². The van der Waals surface area contributed by atoms with Crippen LogP contribution in [0.4, 0.5) is 11.4 Å². The van der Waals surface area contributed by atoms with Crippen LogP contribution in [0.2, 0.25) is 0 Å². The molecule has 0 fully saturated rings. The van der Waals surface area contributed by atoms with Gasteiger partial charge < -0.3 is 13.7 Å². The van der Waals surface area contributed by atoms with Crippen molar-refractivity contribution in [2.45, 2.75) is 20.8 Å². The summed E-state index contributed by atoms with van der Waals surface area (Å²) in [7, 11) is 0. The predicted molar refractivity (Wildman–Crippen MR) is 214 cm³/mol. The van der Waals surface area contributed by atoms with E-state index in [1.165, 1.54) is 31.7 Å². The summed E-state index contributed by atoms with van der Waals surface area (Å²) in [6, 6.07) is 39.3. The molecular formula is C45H35N3O2S. The average molecular weight is 682 g/mol. The molecule has 0 amide bonds. The van der Waals surface area contributed by atoms with Crippen LogP contribution in [0.15, 0.2) is 161 Å². The lowest BCUT2D eigenvalue weighted by Gasteiger charge is -2.26. The van der Waals surface area contributed by atoms with Crippen LogP contribution in [0.1, 0.15) is 30.2 Å². The molecule has 248 valence electrons. The molecule has 5 aromatic carbocycles. The Morgan fingerprint density at radius 2 is 1.37 bits per heavy atom. The average Bonchev–Trinajstić information content (AvgIpc) is 3.88.